The van der Waals surface area contributed by atoms with Gasteiger partial charge in [0.1, 0.15) is 0 Å². The molecule has 0 aromatic carbocycles. The minimum absolute atomic E-state index is 0.462. The summed E-state index contributed by atoms with van der Waals surface area (Å²) in [5.41, 5.74) is -2.26. The molecule has 0 bridgehead atoms. The van der Waals surface area contributed by atoms with E-state index in [0.29, 0.717) is 0 Å². The molecule has 0 saturated heterocycles. The van der Waals surface area contributed by atoms with Gasteiger partial charge in [0.2, 0.25) is 0 Å². The number of hydrogen-bond donors (Lipinski definition) is 1. The Balaban J connectivity index is 2.53. The number of aliphatic hydroxyl groups excluding tert-OH is 1. The van der Waals surface area contributed by atoms with Crippen LogP contribution in [0.25, 0.3) is 0 Å². The summed E-state index contributed by atoms with van der Waals surface area (Å²) >= 11 is 0. The van der Waals surface area contributed by atoms with Gasteiger partial charge in [-0.25, -0.2) is 0 Å². The van der Waals surface area contributed by atoms with E-state index in [9.17, 15) is 13.2 Å². The lowest BCUT2D eigenvalue weighted by molar-refractivity contribution is -0.166. The lowest BCUT2D eigenvalue weighted by atomic mass is 10.1. The van der Waals surface area contributed by atoms with E-state index >= 15 is 0 Å². The third-order valence-electron chi connectivity index (χ3n) is 1.26. The van der Waals surface area contributed by atoms with Gasteiger partial charge in [-0.15, -0.1) is 10.2 Å². The van der Waals surface area contributed by atoms with E-state index < -0.39 is 24.9 Å². The Morgan fingerprint density at radius 1 is 1.30 bits per heavy atom. The molecule has 1 rings (SSSR count). The van der Waals surface area contributed by atoms with Gasteiger partial charge in [-0.1, -0.05) is 0 Å². The van der Waals surface area contributed by atoms with E-state index in [1.807, 2.05) is 0 Å². The quantitative estimate of drug-likeness (QED) is 0.635. The molecule has 1 N–H and O–H groups in total. The monoisotopic (exact) mass is 154 g/mol. The maximum absolute atomic E-state index is 11.8. The van der Waals surface area contributed by atoms with Crippen molar-refractivity contribution in [1.29, 1.82) is 0 Å². The lowest BCUT2D eigenvalue weighted by Gasteiger charge is -2.11. The molecule has 6 heteroatoms. The van der Waals surface area contributed by atoms with Crippen LogP contribution in [0.2, 0.25) is 0 Å². The summed E-state index contributed by atoms with van der Waals surface area (Å²) < 4.78 is 35.4. The molecule has 0 spiro atoms. The summed E-state index contributed by atoms with van der Waals surface area (Å²) in [6, 6.07) is 0. The smallest absolute Gasteiger partial charge is 0.396 e. The molecular formula is C4H5F3N2O. The zero-order valence-corrected chi connectivity index (χ0v) is 4.89. The van der Waals surface area contributed by atoms with Crippen molar-refractivity contribution in [2.75, 3.05) is 6.61 Å². The average molecular weight is 154 g/mol. The van der Waals surface area contributed by atoms with Crippen molar-refractivity contribution in [2.45, 2.75) is 18.3 Å². The Bertz CT molecular complexity index is 158. The van der Waals surface area contributed by atoms with Crippen molar-refractivity contribution >= 4 is 0 Å². The Kier molecular flexibility index (Phi) is 1.43. The SMILES string of the molecule is OCCC1(C(F)(F)F)N=N1. The van der Waals surface area contributed by atoms with Gasteiger partial charge in [-0.2, -0.15) is 13.2 Å². The van der Waals surface area contributed by atoms with E-state index in [1.165, 1.54) is 0 Å². The topological polar surface area (TPSA) is 45.0 Å². The first-order valence-electron chi connectivity index (χ1n) is 2.63. The molecule has 0 radical (unpaired) electrons. The van der Waals surface area contributed by atoms with Crippen LogP contribution in [0.15, 0.2) is 10.2 Å². The molecule has 0 unspecified atom stereocenters. The van der Waals surface area contributed by atoms with Crippen LogP contribution >= 0.6 is 0 Å². The maximum Gasteiger partial charge on any atom is 0.437 e. The zero-order valence-electron chi connectivity index (χ0n) is 4.89. The van der Waals surface area contributed by atoms with Gasteiger partial charge in [0.15, 0.2) is 0 Å². The molecular weight excluding hydrogens is 149 g/mol. The van der Waals surface area contributed by atoms with Crippen molar-refractivity contribution in [1.82, 2.24) is 0 Å². The second-order valence-electron chi connectivity index (χ2n) is 1.99. The van der Waals surface area contributed by atoms with E-state index in [0.717, 1.165) is 0 Å². The van der Waals surface area contributed by atoms with Crippen LogP contribution in [-0.2, 0) is 0 Å². The Hall–Kier alpha value is -0.650. The predicted molar refractivity (Wildman–Crippen MR) is 25.3 cm³/mol. The normalized spacial score (nSPS) is 21.2. The van der Waals surface area contributed by atoms with Crippen molar-refractivity contribution < 1.29 is 18.3 Å². The number of hydrogen-bond acceptors (Lipinski definition) is 3. The van der Waals surface area contributed by atoms with Crippen molar-refractivity contribution in [3.63, 3.8) is 0 Å². The molecule has 10 heavy (non-hydrogen) atoms. The van der Waals surface area contributed by atoms with Crippen LogP contribution in [0.5, 0.6) is 0 Å². The summed E-state index contributed by atoms with van der Waals surface area (Å²) in [5, 5.41) is 13.9. The van der Waals surface area contributed by atoms with Gasteiger partial charge in [-0.3, -0.25) is 0 Å². The number of rotatable bonds is 2. The second kappa shape index (κ2) is 1.91. The first-order chi connectivity index (χ1) is 4.52. The first-order valence-corrected chi connectivity index (χ1v) is 2.63. The lowest BCUT2D eigenvalue weighted by Crippen LogP contribution is -2.33. The van der Waals surface area contributed by atoms with Crippen LogP contribution in [0.3, 0.4) is 0 Å². The summed E-state index contributed by atoms with van der Waals surface area (Å²) in [6.07, 6.45) is -4.90. The third kappa shape index (κ3) is 0.985. The van der Waals surface area contributed by atoms with E-state index in [1.54, 1.807) is 0 Å². The van der Waals surface area contributed by atoms with Crippen LogP contribution in [0.4, 0.5) is 13.2 Å². The zero-order chi connectivity index (χ0) is 7.83. The molecule has 1 heterocycles. The molecule has 0 aromatic rings. The Morgan fingerprint density at radius 2 is 1.80 bits per heavy atom. The Labute approximate surface area is 54.6 Å². The summed E-state index contributed by atoms with van der Waals surface area (Å²) in [7, 11) is 0. The maximum atomic E-state index is 11.8. The Morgan fingerprint density at radius 3 is 1.90 bits per heavy atom. The molecule has 0 aliphatic carbocycles. The molecule has 0 amide bonds. The number of alkyl halides is 3. The fourth-order valence-corrected chi connectivity index (χ4v) is 0.571. The summed E-state index contributed by atoms with van der Waals surface area (Å²) in [6.45, 7) is -0.549. The standard InChI is InChI=1S/C4H5F3N2O/c5-4(6,7)3(1-2-10)8-9-3/h10H,1-2H2. The average Bonchev–Trinajstić information content (AvgIpc) is 2.45. The van der Waals surface area contributed by atoms with Gasteiger partial charge in [-0.05, 0) is 0 Å². The summed E-state index contributed by atoms with van der Waals surface area (Å²) in [5.74, 6) is 0. The minimum atomic E-state index is -4.43. The van der Waals surface area contributed by atoms with Crippen molar-refractivity contribution in [3.05, 3.63) is 0 Å². The van der Waals surface area contributed by atoms with Gasteiger partial charge >= 0.3 is 6.18 Å². The van der Waals surface area contributed by atoms with Gasteiger partial charge in [0.25, 0.3) is 5.66 Å². The molecule has 0 saturated carbocycles. The molecule has 58 valence electrons. The molecule has 0 aromatic heterocycles. The van der Waals surface area contributed by atoms with Gasteiger partial charge < -0.3 is 5.11 Å². The van der Waals surface area contributed by atoms with Crippen LogP contribution < -0.4 is 0 Å². The van der Waals surface area contributed by atoms with E-state index in [-0.39, 0.29) is 0 Å². The predicted octanol–water partition coefficient (Wildman–Crippen LogP) is 1.09. The highest BCUT2D eigenvalue weighted by molar-refractivity contribution is 4.99. The largest absolute Gasteiger partial charge is 0.437 e. The number of halogens is 3. The van der Waals surface area contributed by atoms with E-state index in [4.69, 9.17) is 5.11 Å². The van der Waals surface area contributed by atoms with Gasteiger partial charge in [0.05, 0.1) is 0 Å². The minimum Gasteiger partial charge on any atom is -0.396 e. The highest BCUT2D eigenvalue weighted by Crippen LogP contribution is 2.46. The van der Waals surface area contributed by atoms with Crippen LogP contribution in [0, 0.1) is 0 Å². The van der Waals surface area contributed by atoms with E-state index in [2.05, 4.69) is 10.2 Å². The first kappa shape index (κ1) is 7.46. The fourth-order valence-electron chi connectivity index (χ4n) is 0.571. The highest BCUT2D eigenvalue weighted by atomic mass is 19.4. The highest BCUT2D eigenvalue weighted by Gasteiger charge is 2.63. The second-order valence-corrected chi connectivity index (χ2v) is 1.99. The van der Waals surface area contributed by atoms with Crippen LogP contribution in [0.1, 0.15) is 6.42 Å². The molecule has 0 atom stereocenters. The number of nitrogens with zero attached hydrogens (tertiary/aromatic N) is 2. The molecule has 1 aliphatic heterocycles. The molecule has 3 nitrogen and oxygen atoms in total. The van der Waals surface area contributed by atoms with Gasteiger partial charge in [0, 0.05) is 13.0 Å². The summed E-state index contributed by atoms with van der Waals surface area (Å²) in [4.78, 5) is 0. The number of aliphatic hydroxyl groups is 1. The van der Waals surface area contributed by atoms with Crippen molar-refractivity contribution in [2.24, 2.45) is 10.2 Å². The fraction of sp³-hybridized carbons (Fsp3) is 1.00. The molecule has 0 fully saturated rings. The van der Waals surface area contributed by atoms with Crippen molar-refractivity contribution in [3.8, 4) is 0 Å². The van der Waals surface area contributed by atoms with Crippen LogP contribution in [-0.4, -0.2) is 23.6 Å². The third-order valence-corrected chi connectivity index (χ3v) is 1.26. The molecule has 1 aliphatic rings.